The van der Waals surface area contributed by atoms with E-state index in [1.165, 1.54) is 17.7 Å². The lowest BCUT2D eigenvalue weighted by molar-refractivity contribution is -0.384. The summed E-state index contributed by atoms with van der Waals surface area (Å²) in [5.74, 6) is 0. The lowest BCUT2D eigenvalue weighted by atomic mass is 10.0. The number of hydrogen-bond acceptors (Lipinski definition) is 6. The first-order chi connectivity index (χ1) is 12.6. The van der Waals surface area contributed by atoms with E-state index < -0.39 is 14.8 Å². The average Bonchev–Trinajstić information content (AvgIpc) is 2.61. The van der Waals surface area contributed by atoms with Gasteiger partial charge in [0.1, 0.15) is 5.69 Å². The molecule has 0 bridgehead atoms. The highest BCUT2D eigenvalue weighted by Gasteiger charge is 2.20. The number of nitro groups is 1. The van der Waals surface area contributed by atoms with E-state index in [9.17, 15) is 18.5 Å². The standard InChI is InChI=1S/C19H25N3O4S/c1-5-14-6-8-15(9-7-14)19(21(2)3)13-20-17-11-10-16(27(4,25)26)12-18(17)22(23)24/h6-12,19-20H,5,13H2,1-4H3/t19-/m1/s1. The fraction of sp³-hybridized carbons (Fsp3) is 0.368. The highest BCUT2D eigenvalue weighted by molar-refractivity contribution is 7.90. The molecule has 0 amide bonds. The zero-order chi connectivity index (χ0) is 20.2. The van der Waals surface area contributed by atoms with Crippen molar-refractivity contribution in [3.05, 3.63) is 63.7 Å². The molecule has 2 aromatic rings. The van der Waals surface area contributed by atoms with Crippen LogP contribution in [0.3, 0.4) is 0 Å². The Labute approximate surface area is 160 Å². The summed E-state index contributed by atoms with van der Waals surface area (Å²) in [6, 6.07) is 12.2. The Kier molecular flexibility index (Phi) is 6.56. The highest BCUT2D eigenvalue weighted by Crippen LogP contribution is 2.29. The number of nitro benzene ring substituents is 1. The van der Waals surface area contributed by atoms with Gasteiger partial charge in [0.15, 0.2) is 9.84 Å². The van der Waals surface area contributed by atoms with E-state index >= 15 is 0 Å². The molecular weight excluding hydrogens is 366 g/mol. The number of rotatable bonds is 8. The number of likely N-dealkylation sites (N-methyl/N-ethyl adjacent to an activating group) is 1. The fourth-order valence-electron chi connectivity index (χ4n) is 2.82. The molecule has 0 fully saturated rings. The summed E-state index contributed by atoms with van der Waals surface area (Å²) in [6.07, 6.45) is 1.99. The van der Waals surface area contributed by atoms with Crippen LogP contribution in [-0.2, 0) is 16.3 Å². The predicted molar refractivity (Wildman–Crippen MR) is 107 cm³/mol. The maximum atomic E-state index is 11.7. The van der Waals surface area contributed by atoms with Gasteiger partial charge in [0.25, 0.3) is 5.69 Å². The Morgan fingerprint density at radius 2 is 1.78 bits per heavy atom. The topological polar surface area (TPSA) is 92.5 Å². The van der Waals surface area contributed by atoms with Gasteiger partial charge in [-0.25, -0.2) is 8.42 Å². The van der Waals surface area contributed by atoms with Crippen LogP contribution < -0.4 is 5.32 Å². The van der Waals surface area contributed by atoms with Crippen LogP contribution >= 0.6 is 0 Å². The minimum atomic E-state index is -3.51. The molecule has 146 valence electrons. The van der Waals surface area contributed by atoms with Crippen LogP contribution in [0, 0.1) is 10.1 Å². The highest BCUT2D eigenvalue weighted by atomic mass is 32.2. The molecule has 27 heavy (non-hydrogen) atoms. The van der Waals surface area contributed by atoms with E-state index in [1.54, 1.807) is 0 Å². The molecule has 1 atom stereocenters. The predicted octanol–water partition coefficient (Wildman–Crippen LogP) is 3.28. The zero-order valence-electron chi connectivity index (χ0n) is 16.0. The summed E-state index contributed by atoms with van der Waals surface area (Å²) < 4.78 is 23.3. The molecular formula is C19H25N3O4S. The van der Waals surface area contributed by atoms with Crippen molar-refractivity contribution >= 4 is 21.2 Å². The van der Waals surface area contributed by atoms with Crippen LogP contribution in [0.25, 0.3) is 0 Å². The fourth-order valence-corrected chi connectivity index (χ4v) is 3.46. The minimum Gasteiger partial charge on any atom is -0.378 e. The van der Waals surface area contributed by atoms with Crippen molar-refractivity contribution in [3.8, 4) is 0 Å². The van der Waals surface area contributed by atoms with Gasteiger partial charge in [0.05, 0.1) is 15.9 Å². The third-order valence-corrected chi connectivity index (χ3v) is 5.59. The lowest BCUT2D eigenvalue weighted by Gasteiger charge is -2.25. The van der Waals surface area contributed by atoms with Gasteiger partial charge in [0, 0.05) is 18.9 Å². The van der Waals surface area contributed by atoms with E-state index in [0.29, 0.717) is 12.2 Å². The van der Waals surface area contributed by atoms with Gasteiger partial charge in [-0.3, -0.25) is 10.1 Å². The molecule has 7 nitrogen and oxygen atoms in total. The first-order valence-electron chi connectivity index (χ1n) is 8.61. The molecule has 0 saturated carbocycles. The first kappa shape index (κ1) is 20.9. The summed E-state index contributed by atoms with van der Waals surface area (Å²) in [4.78, 5) is 12.8. The maximum absolute atomic E-state index is 11.7. The van der Waals surface area contributed by atoms with Crippen molar-refractivity contribution in [2.75, 3.05) is 32.2 Å². The summed E-state index contributed by atoms with van der Waals surface area (Å²) in [5.41, 5.74) is 2.39. The van der Waals surface area contributed by atoms with Crippen LogP contribution in [0.1, 0.15) is 24.1 Å². The second kappa shape index (κ2) is 8.49. The largest absolute Gasteiger partial charge is 0.378 e. The van der Waals surface area contributed by atoms with Gasteiger partial charge in [-0.15, -0.1) is 0 Å². The molecule has 0 aliphatic rings. The van der Waals surface area contributed by atoms with Gasteiger partial charge in [0.2, 0.25) is 0 Å². The summed E-state index contributed by atoms with van der Waals surface area (Å²) in [6.45, 7) is 2.54. The van der Waals surface area contributed by atoms with Crippen LogP contribution in [-0.4, -0.2) is 45.1 Å². The average molecular weight is 391 g/mol. The Bertz CT molecular complexity index is 909. The van der Waals surface area contributed by atoms with Crippen molar-refractivity contribution in [1.29, 1.82) is 0 Å². The molecule has 0 heterocycles. The van der Waals surface area contributed by atoms with Crippen molar-refractivity contribution in [2.45, 2.75) is 24.3 Å². The molecule has 0 unspecified atom stereocenters. The van der Waals surface area contributed by atoms with Crippen LogP contribution in [0.4, 0.5) is 11.4 Å². The number of sulfone groups is 1. The first-order valence-corrected chi connectivity index (χ1v) is 10.5. The molecule has 0 aromatic heterocycles. The third-order valence-electron chi connectivity index (χ3n) is 4.48. The molecule has 0 radical (unpaired) electrons. The number of anilines is 1. The smallest absolute Gasteiger partial charge is 0.293 e. The summed E-state index contributed by atoms with van der Waals surface area (Å²) >= 11 is 0. The molecule has 1 N–H and O–H groups in total. The van der Waals surface area contributed by atoms with Gasteiger partial charge in [-0.05, 0) is 43.8 Å². The van der Waals surface area contributed by atoms with Gasteiger partial charge >= 0.3 is 0 Å². The number of benzene rings is 2. The van der Waals surface area contributed by atoms with Crippen molar-refractivity contribution in [3.63, 3.8) is 0 Å². The van der Waals surface area contributed by atoms with Crippen molar-refractivity contribution in [1.82, 2.24) is 4.90 Å². The molecule has 0 saturated heterocycles. The Hall–Kier alpha value is -2.45. The minimum absolute atomic E-state index is 0.00472. The second-order valence-corrected chi connectivity index (χ2v) is 8.68. The number of nitrogens with zero attached hydrogens (tertiary/aromatic N) is 2. The molecule has 8 heteroatoms. The summed E-state index contributed by atoms with van der Waals surface area (Å²) in [7, 11) is 0.381. The number of nitrogens with one attached hydrogen (secondary N) is 1. The van der Waals surface area contributed by atoms with E-state index in [1.807, 2.05) is 19.0 Å². The normalized spacial score (nSPS) is 12.8. The van der Waals surface area contributed by atoms with Gasteiger partial charge in [-0.2, -0.15) is 0 Å². The monoisotopic (exact) mass is 391 g/mol. The molecule has 2 rings (SSSR count). The molecule has 0 aliphatic heterocycles. The van der Waals surface area contributed by atoms with Crippen molar-refractivity contribution < 1.29 is 13.3 Å². The number of hydrogen-bond donors (Lipinski definition) is 1. The lowest BCUT2D eigenvalue weighted by Crippen LogP contribution is -2.27. The Balaban J connectivity index is 2.27. The van der Waals surface area contributed by atoms with Crippen molar-refractivity contribution in [2.24, 2.45) is 0 Å². The SMILES string of the molecule is CCc1ccc([C@@H](CNc2ccc(S(C)(=O)=O)cc2[N+](=O)[O-])N(C)C)cc1. The van der Waals surface area contributed by atoms with Gasteiger partial charge in [-0.1, -0.05) is 31.2 Å². The van der Waals surface area contributed by atoms with Gasteiger partial charge < -0.3 is 10.2 Å². The summed E-state index contributed by atoms with van der Waals surface area (Å²) in [5, 5.41) is 14.5. The van der Waals surface area contributed by atoms with Crippen LogP contribution in [0.5, 0.6) is 0 Å². The van der Waals surface area contributed by atoms with E-state index in [-0.39, 0.29) is 16.6 Å². The number of aryl methyl sites for hydroxylation is 1. The quantitative estimate of drug-likeness (QED) is 0.548. The Morgan fingerprint density at radius 3 is 2.26 bits per heavy atom. The van der Waals surface area contributed by atoms with E-state index in [4.69, 9.17) is 0 Å². The Morgan fingerprint density at radius 1 is 1.15 bits per heavy atom. The molecule has 2 aromatic carbocycles. The molecule has 0 spiro atoms. The molecule has 0 aliphatic carbocycles. The van der Waals surface area contributed by atoms with Crippen LogP contribution in [0.15, 0.2) is 47.4 Å². The third kappa shape index (κ3) is 5.27. The second-order valence-electron chi connectivity index (χ2n) is 6.66. The van der Waals surface area contributed by atoms with E-state index in [0.717, 1.165) is 24.3 Å². The zero-order valence-corrected chi connectivity index (χ0v) is 16.8. The van der Waals surface area contributed by atoms with E-state index in [2.05, 4.69) is 36.5 Å². The maximum Gasteiger partial charge on any atom is 0.293 e. The van der Waals surface area contributed by atoms with Crippen LogP contribution in [0.2, 0.25) is 0 Å².